The van der Waals surface area contributed by atoms with Gasteiger partial charge in [-0.3, -0.25) is 4.98 Å². The number of rotatable bonds is 3. The number of hydrogen-bond acceptors (Lipinski definition) is 5. The number of piperidine rings is 1. The van der Waals surface area contributed by atoms with Crippen LogP contribution in [0.15, 0.2) is 41.0 Å². The Labute approximate surface area is 162 Å². The number of aryl methyl sites for hydroxylation is 2. The van der Waals surface area contributed by atoms with Gasteiger partial charge < -0.3 is 10.2 Å². The van der Waals surface area contributed by atoms with Crippen molar-refractivity contribution in [1.82, 2.24) is 15.0 Å². The van der Waals surface area contributed by atoms with Gasteiger partial charge in [0.1, 0.15) is 11.6 Å². The molecule has 0 atom stereocenters. The second-order valence-corrected chi connectivity index (χ2v) is 7.76. The molecule has 0 spiro atoms. The molecule has 5 nitrogen and oxygen atoms in total. The van der Waals surface area contributed by atoms with Gasteiger partial charge in [-0.1, -0.05) is 15.9 Å². The monoisotopic (exact) mass is 411 g/mol. The lowest BCUT2D eigenvalue weighted by Gasteiger charge is -2.34. The molecule has 0 radical (unpaired) electrons. The predicted molar refractivity (Wildman–Crippen MR) is 110 cm³/mol. The van der Waals surface area contributed by atoms with Crippen LogP contribution in [0.3, 0.4) is 0 Å². The van der Waals surface area contributed by atoms with E-state index in [0.29, 0.717) is 6.04 Å². The summed E-state index contributed by atoms with van der Waals surface area (Å²) < 4.78 is 1.05. The molecule has 1 aliphatic heterocycles. The first-order valence-electron chi connectivity index (χ1n) is 8.96. The Bertz CT molecular complexity index is 914. The highest BCUT2D eigenvalue weighted by Gasteiger charge is 2.21. The molecule has 6 heteroatoms. The highest BCUT2D eigenvalue weighted by atomic mass is 79.9. The molecule has 26 heavy (non-hydrogen) atoms. The number of pyridine rings is 1. The molecule has 3 aromatic rings. The van der Waals surface area contributed by atoms with E-state index in [1.807, 2.05) is 20.0 Å². The molecule has 1 N–H and O–H groups in total. The first-order chi connectivity index (χ1) is 12.6. The van der Waals surface area contributed by atoms with Crippen LogP contribution < -0.4 is 10.2 Å². The summed E-state index contributed by atoms with van der Waals surface area (Å²) in [6, 6.07) is 10.9. The van der Waals surface area contributed by atoms with Crippen molar-refractivity contribution in [3.63, 3.8) is 0 Å². The van der Waals surface area contributed by atoms with Gasteiger partial charge in [0.05, 0.1) is 5.52 Å². The molecule has 2 aromatic heterocycles. The van der Waals surface area contributed by atoms with Gasteiger partial charge in [0, 0.05) is 52.6 Å². The molecule has 0 bridgehead atoms. The number of hydrogen-bond donors (Lipinski definition) is 1. The fourth-order valence-corrected chi connectivity index (χ4v) is 3.93. The van der Waals surface area contributed by atoms with Crippen molar-refractivity contribution in [2.45, 2.75) is 32.7 Å². The summed E-state index contributed by atoms with van der Waals surface area (Å²) in [6.45, 7) is 5.99. The molecule has 0 aliphatic carbocycles. The number of fused-ring (bicyclic) bond motifs is 1. The first-order valence-corrected chi connectivity index (χ1v) is 9.76. The third kappa shape index (κ3) is 3.65. The van der Waals surface area contributed by atoms with Gasteiger partial charge in [0.15, 0.2) is 0 Å². The lowest BCUT2D eigenvalue weighted by atomic mass is 10.0. The summed E-state index contributed by atoms with van der Waals surface area (Å²) in [6.07, 6.45) is 4.05. The Morgan fingerprint density at radius 3 is 2.65 bits per heavy atom. The van der Waals surface area contributed by atoms with E-state index in [4.69, 9.17) is 0 Å². The number of anilines is 2. The minimum absolute atomic E-state index is 0.463. The molecule has 3 heterocycles. The number of halogens is 1. The third-order valence-electron chi connectivity index (χ3n) is 4.84. The van der Waals surface area contributed by atoms with Crippen LogP contribution in [0.4, 0.5) is 11.5 Å². The minimum Gasteiger partial charge on any atom is -0.382 e. The fourth-order valence-electron chi connectivity index (χ4n) is 3.58. The predicted octanol–water partition coefficient (Wildman–Crippen LogP) is 4.49. The average molecular weight is 412 g/mol. The molecular weight excluding hydrogens is 390 g/mol. The molecule has 0 amide bonds. The van der Waals surface area contributed by atoms with Crippen LogP contribution in [0.25, 0.3) is 10.9 Å². The molecule has 0 saturated carbocycles. The summed E-state index contributed by atoms with van der Waals surface area (Å²) in [4.78, 5) is 15.8. The SMILES string of the molecule is Cc1cc(N2CCC(Nc3ccnc4cc(Br)ccc34)CC2)nc(C)n1. The van der Waals surface area contributed by atoms with E-state index in [-0.39, 0.29) is 0 Å². The Hall–Kier alpha value is -2.21. The van der Waals surface area contributed by atoms with Crippen molar-refractivity contribution in [1.29, 1.82) is 0 Å². The van der Waals surface area contributed by atoms with E-state index in [0.717, 1.165) is 58.9 Å². The van der Waals surface area contributed by atoms with Crippen molar-refractivity contribution in [3.8, 4) is 0 Å². The molecule has 1 saturated heterocycles. The van der Waals surface area contributed by atoms with Crippen molar-refractivity contribution in [2.75, 3.05) is 23.3 Å². The standard InChI is InChI=1S/C20H22BrN5/c1-13-11-20(24-14(2)23-13)26-9-6-16(7-10-26)25-18-5-8-22-19-12-15(21)3-4-17(18)19/h3-5,8,11-12,16H,6-7,9-10H2,1-2H3,(H,22,25). The van der Waals surface area contributed by atoms with E-state index < -0.39 is 0 Å². The van der Waals surface area contributed by atoms with Gasteiger partial charge in [0.2, 0.25) is 0 Å². The zero-order valence-corrected chi connectivity index (χ0v) is 16.6. The van der Waals surface area contributed by atoms with Crippen LogP contribution in [-0.2, 0) is 0 Å². The van der Waals surface area contributed by atoms with Gasteiger partial charge in [-0.05, 0) is 51.0 Å². The van der Waals surface area contributed by atoms with Crippen molar-refractivity contribution in [3.05, 3.63) is 52.5 Å². The molecule has 0 unspecified atom stereocenters. The van der Waals surface area contributed by atoms with Crippen LogP contribution in [-0.4, -0.2) is 34.1 Å². The van der Waals surface area contributed by atoms with Gasteiger partial charge in [0.25, 0.3) is 0 Å². The smallest absolute Gasteiger partial charge is 0.132 e. The van der Waals surface area contributed by atoms with Crippen molar-refractivity contribution in [2.24, 2.45) is 0 Å². The lowest BCUT2D eigenvalue weighted by molar-refractivity contribution is 0.523. The Morgan fingerprint density at radius 1 is 1.08 bits per heavy atom. The quantitative estimate of drug-likeness (QED) is 0.687. The summed E-state index contributed by atoms with van der Waals surface area (Å²) in [7, 11) is 0. The average Bonchev–Trinajstić information content (AvgIpc) is 2.61. The van der Waals surface area contributed by atoms with Gasteiger partial charge in [-0.25, -0.2) is 9.97 Å². The van der Waals surface area contributed by atoms with E-state index in [2.05, 4.69) is 71.4 Å². The van der Waals surface area contributed by atoms with Crippen LogP contribution in [0, 0.1) is 13.8 Å². The largest absolute Gasteiger partial charge is 0.382 e. The number of benzene rings is 1. The van der Waals surface area contributed by atoms with Gasteiger partial charge >= 0.3 is 0 Å². The van der Waals surface area contributed by atoms with E-state index in [1.165, 1.54) is 5.39 Å². The lowest BCUT2D eigenvalue weighted by Crippen LogP contribution is -2.39. The molecular formula is C20H22BrN5. The fraction of sp³-hybridized carbons (Fsp3) is 0.350. The minimum atomic E-state index is 0.463. The van der Waals surface area contributed by atoms with Crippen molar-refractivity contribution >= 4 is 38.3 Å². The van der Waals surface area contributed by atoms with Crippen LogP contribution >= 0.6 is 15.9 Å². The van der Waals surface area contributed by atoms with Crippen LogP contribution in [0.2, 0.25) is 0 Å². The number of nitrogens with zero attached hydrogens (tertiary/aromatic N) is 4. The molecule has 1 aromatic carbocycles. The first kappa shape index (κ1) is 17.2. The van der Waals surface area contributed by atoms with Gasteiger partial charge in [-0.15, -0.1) is 0 Å². The Balaban J connectivity index is 1.46. The topological polar surface area (TPSA) is 53.9 Å². The normalized spacial score (nSPS) is 15.4. The maximum absolute atomic E-state index is 4.60. The van der Waals surface area contributed by atoms with E-state index in [9.17, 15) is 0 Å². The Morgan fingerprint density at radius 2 is 1.88 bits per heavy atom. The van der Waals surface area contributed by atoms with E-state index in [1.54, 1.807) is 0 Å². The van der Waals surface area contributed by atoms with E-state index >= 15 is 0 Å². The number of nitrogens with one attached hydrogen (secondary N) is 1. The highest BCUT2D eigenvalue weighted by molar-refractivity contribution is 9.10. The molecule has 134 valence electrons. The Kier molecular flexibility index (Phi) is 4.76. The highest BCUT2D eigenvalue weighted by Crippen LogP contribution is 2.27. The summed E-state index contributed by atoms with van der Waals surface area (Å²) in [5, 5.41) is 4.89. The van der Waals surface area contributed by atoms with Gasteiger partial charge in [-0.2, -0.15) is 0 Å². The summed E-state index contributed by atoms with van der Waals surface area (Å²) in [5.41, 5.74) is 3.20. The summed E-state index contributed by atoms with van der Waals surface area (Å²) >= 11 is 3.52. The molecule has 1 fully saturated rings. The summed E-state index contributed by atoms with van der Waals surface area (Å²) in [5.74, 6) is 1.89. The zero-order chi connectivity index (χ0) is 18.1. The number of aromatic nitrogens is 3. The zero-order valence-electron chi connectivity index (χ0n) is 15.0. The maximum Gasteiger partial charge on any atom is 0.132 e. The third-order valence-corrected chi connectivity index (χ3v) is 5.33. The second-order valence-electron chi connectivity index (χ2n) is 6.84. The molecule has 1 aliphatic rings. The van der Waals surface area contributed by atoms with Crippen LogP contribution in [0.1, 0.15) is 24.4 Å². The maximum atomic E-state index is 4.60. The van der Waals surface area contributed by atoms with Crippen LogP contribution in [0.5, 0.6) is 0 Å². The van der Waals surface area contributed by atoms with Crippen molar-refractivity contribution < 1.29 is 0 Å². The second kappa shape index (κ2) is 7.19. The molecule has 4 rings (SSSR count).